The monoisotopic (exact) mass is 229 g/mol. The highest BCUT2D eigenvalue weighted by Crippen LogP contribution is 2.27. The smallest absolute Gasteiger partial charge is 0.125 e. The van der Waals surface area contributed by atoms with E-state index in [2.05, 4.69) is 0 Å². The van der Waals surface area contributed by atoms with Gasteiger partial charge in [-0.2, -0.15) is 0 Å². The molecular formula is C11H16FNO3. The number of hydrogen-bond donors (Lipinski definition) is 4. The highest BCUT2D eigenvalue weighted by Gasteiger charge is 2.21. The summed E-state index contributed by atoms with van der Waals surface area (Å²) < 4.78 is 13.1. The molecule has 2 unspecified atom stereocenters. The minimum Gasteiger partial charge on any atom is -0.398 e. The van der Waals surface area contributed by atoms with Crippen LogP contribution in [-0.4, -0.2) is 28.0 Å². The van der Waals surface area contributed by atoms with Crippen LogP contribution in [0, 0.1) is 12.7 Å². The van der Waals surface area contributed by atoms with Gasteiger partial charge in [0.05, 0.1) is 6.10 Å². The van der Waals surface area contributed by atoms with Crippen LogP contribution in [0.15, 0.2) is 12.1 Å². The van der Waals surface area contributed by atoms with E-state index < -0.39 is 18.0 Å². The van der Waals surface area contributed by atoms with E-state index in [-0.39, 0.29) is 24.3 Å². The van der Waals surface area contributed by atoms with E-state index in [0.29, 0.717) is 5.56 Å². The molecule has 0 saturated heterocycles. The third-order valence-electron chi connectivity index (χ3n) is 2.56. The second-order valence-corrected chi connectivity index (χ2v) is 3.73. The molecule has 16 heavy (non-hydrogen) atoms. The van der Waals surface area contributed by atoms with E-state index >= 15 is 0 Å². The number of nitrogen functional groups attached to an aromatic ring is 1. The molecule has 0 radical (unpaired) electrons. The zero-order valence-electron chi connectivity index (χ0n) is 9.02. The van der Waals surface area contributed by atoms with Crippen LogP contribution < -0.4 is 5.73 Å². The second-order valence-electron chi connectivity index (χ2n) is 3.73. The SMILES string of the molecule is Cc1c(N)cc(F)cc1C(O)C(O)CCO. The van der Waals surface area contributed by atoms with Crippen molar-refractivity contribution in [3.63, 3.8) is 0 Å². The molecule has 0 aliphatic heterocycles. The maximum Gasteiger partial charge on any atom is 0.125 e. The Morgan fingerprint density at radius 3 is 2.56 bits per heavy atom. The van der Waals surface area contributed by atoms with Gasteiger partial charge in [-0.1, -0.05) is 0 Å². The lowest BCUT2D eigenvalue weighted by molar-refractivity contribution is 0.00378. The fourth-order valence-electron chi connectivity index (χ4n) is 1.53. The summed E-state index contributed by atoms with van der Waals surface area (Å²) in [6.45, 7) is 1.39. The van der Waals surface area contributed by atoms with Crippen molar-refractivity contribution in [2.24, 2.45) is 0 Å². The Hall–Kier alpha value is -1.17. The van der Waals surface area contributed by atoms with Gasteiger partial charge in [-0.15, -0.1) is 0 Å². The normalized spacial score (nSPS) is 14.8. The summed E-state index contributed by atoms with van der Waals surface area (Å²) in [5, 5.41) is 27.9. The van der Waals surface area contributed by atoms with Crippen LogP contribution in [0.2, 0.25) is 0 Å². The van der Waals surface area contributed by atoms with Crippen molar-refractivity contribution in [3.05, 3.63) is 29.1 Å². The van der Waals surface area contributed by atoms with Crippen LogP contribution in [-0.2, 0) is 0 Å². The molecule has 2 atom stereocenters. The summed E-state index contributed by atoms with van der Waals surface area (Å²) in [7, 11) is 0. The summed E-state index contributed by atoms with van der Waals surface area (Å²) in [4.78, 5) is 0. The Morgan fingerprint density at radius 2 is 2.00 bits per heavy atom. The van der Waals surface area contributed by atoms with Crippen molar-refractivity contribution < 1.29 is 19.7 Å². The Bertz CT molecular complexity index is 370. The number of halogens is 1. The Labute approximate surface area is 93.1 Å². The van der Waals surface area contributed by atoms with Gasteiger partial charge < -0.3 is 21.1 Å². The molecule has 0 bridgehead atoms. The quantitative estimate of drug-likeness (QED) is 0.566. The molecule has 5 N–H and O–H groups in total. The fraction of sp³-hybridized carbons (Fsp3) is 0.455. The number of aliphatic hydroxyl groups excluding tert-OH is 3. The minimum absolute atomic E-state index is 0.0248. The second kappa shape index (κ2) is 5.25. The summed E-state index contributed by atoms with van der Waals surface area (Å²) in [5.74, 6) is -0.562. The van der Waals surface area contributed by atoms with Gasteiger partial charge in [0.1, 0.15) is 11.9 Å². The number of anilines is 1. The van der Waals surface area contributed by atoms with E-state index in [0.717, 1.165) is 12.1 Å². The van der Waals surface area contributed by atoms with Crippen LogP contribution >= 0.6 is 0 Å². The summed E-state index contributed by atoms with van der Waals surface area (Å²) >= 11 is 0. The van der Waals surface area contributed by atoms with Crippen molar-refractivity contribution in [3.8, 4) is 0 Å². The van der Waals surface area contributed by atoms with Gasteiger partial charge in [0.25, 0.3) is 0 Å². The third kappa shape index (κ3) is 2.69. The minimum atomic E-state index is -1.25. The molecule has 90 valence electrons. The van der Waals surface area contributed by atoms with Gasteiger partial charge in [-0.3, -0.25) is 0 Å². The molecule has 0 aliphatic carbocycles. The molecule has 0 saturated carbocycles. The van der Waals surface area contributed by atoms with Crippen LogP contribution in [0.1, 0.15) is 23.7 Å². The lowest BCUT2D eigenvalue weighted by Gasteiger charge is -2.20. The first-order valence-corrected chi connectivity index (χ1v) is 5.00. The van der Waals surface area contributed by atoms with Gasteiger partial charge in [0.2, 0.25) is 0 Å². The van der Waals surface area contributed by atoms with Crippen molar-refractivity contribution in [2.45, 2.75) is 25.6 Å². The topological polar surface area (TPSA) is 86.7 Å². The molecular weight excluding hydrogens is 213 g/mol. The number of hydrogen-bond acceptors (Lipinski definition) is 4. The lowest BCUT2D eigenvalue weighted by atomic mass is 9.97. The third-order valence-corrected chi connectivity index (χ3v) is 2.56. The lowest BCUT2D eigenvalue weighted by Crippen LogP contribution is -2.20. The van der Waals surface area contributed by atoms with E-state index in [1.807, 2.05) is 0 Å². The van der Waals surface area contributed by atoms with Crippen molar-refractivity contribution in [2.75, 3.05) is 12.3 Å². The summed E-state index contributed by atoms with van der Waals surface area (Å²) in [6, 6.07) is 2.29. The summed E-state index contributed by atoms with van der Waals surface area (Å²) in [6.07, 6.45) is -2.35. The molecule has 1 rings (SSSR count). The highest BCUT2D eigenvalue weighted by atomic mass is 19.1. The Balaban J connectivity index is 3.03. The highest BCUT2D eigenvalue weighted by molar-refractivity contribution is 5.51. The predicted molar refractivity (Wildman–Crippen MR) is 58.2 cm³/mol. The zero-order valence-corrected chi connectivity index (χ0v) is 9.02. The standard InChI is InChI=1S/C11H16FNO3/c1-6-8(4-7(12)5-9(6)13)11(16)10(15)2-3-14/h4-5,10-11,14-16H,2-3,13H2,1H3. The fourth-order valence-corrected chi connectivity index (χ4v) is 1.53. The van der Waals surface area contributed by atoms with Gasteiger partial charge in [-0.05, 0) is 36.6 Å². The number of nitrogens with two attached hydrogens (primary N) is 1. The molecule has 1 aromatic carbocycles. The Kier molecular flexibility index (Phi) is 4.23. The van der Waals surface area contributed by atoms with Gasteiger partial charge in [0.15, 0.2) is 0 Å². The molecule has 0 heterocycles. The molecule has 0 fully saturated rings. The first-order valence-electron chi connectivity index (χ1n) is 5.00. The predicted octanol–water partition coefficient (Wildman–Crippen LogP) is 0.493. The molecule has 5 heteroatoms. The van der Waals surface area contributed by atoms with Crippen LogP contribution in [0.5, 0.6) is 0 Å². The van der Waals surface area contributed by atoms with Crippen molar-refractivity contribution in [1.82, 2.24) is 0 Å². The molecule has 0 spiro atoms. The maximum absolute atomic E-state index is 13.1. The molecule has 0 amide bonds. The largest absolute Gasteiger partial charge is 0.398 e. The molecule has 0 aliphatic rings. The average molecular weight is 229 g/mol. The molecule has 1 aromatic rings. The van der Waals surface area contributed by atoms with Crippen LogP contribution in [0.4, 0.5) is 10.1 Å². The van der Waals surface area contributed by atoms with Crippen LogP contribution in [0.25, 0.3) is 0 Å². The summed E-state index contributed by atoms with van der Waals surface area (Å²) in [5.41, 5.74) is 6.56. The van der Waals surface area contributed by atoms with Gasteiger partial charge >= 0.3 is 0 Å². The number of aliphatic hydroxyl groups is 3. The average Bonchev–Trinajstić information content (AvgIpc) is 2.22. The van der Waals surface area contributed by atoms with Crippen LogP contribution in [0.3, 0.4) is 0 Å². The van der Waals surface area contributed by atoms with Gasteiger partial charge in [-0.25, -0.2) is 4.39 Å². The number of benzene rings is 1. The van der Waals surface area contributed by atoms with E-state index in [1.54, 1.807) is 6.92 Å². The van der Waals surface area contributed by atoms with Crippen molar-refractivity contribution in [1.29, 1.82) is 0 Å². The Morgan fingerprint density at radius 1 is 1.38 bits per heavy atom. The van der Waals surface area contributed by atoms with E-state index in [1.165, 1.54) is 0 Å². The molecule has 4 nitrogen and oxygen atoms in total. The van der Waals surface area contributed by atoms with Gasteiger partial charge in [0, 0.05) is 12.3 Å². The van der Waals surface area contributed by atoms with E-state index in [4.69, 9.17) is 10.8 Å². The van der Waals surface area contributed by atoms with E-state index in [9.17, 15) is 14.6 Å². The maximum atomic E-state index is 13.1. The zero-order chi connectivity index (χ0) is 12.3. The molecule has 0 aromatic heterocycles. The first-order chi connectivity index (χ1) is 7.47. The van der Waals surface area contributed by atoms with Crippen molar-refractivity contribution >= 4 is 5.69 Å². The number of rotatable bonds is 4. The first kappa shape index (κ1) is 12.9.